The molecule has 0 saturated heterocycles. The van der Waals surface area contributed by atoms with Crippen LogP contribution in [-0.4, -0.2) is 39.9 Å². The van der Waals surface area contributed by atoms with Gasteiger partial charge in [-0.05, 0) is 0 Å². The van der Waals surface area contributed by atoms with E-state index in [2.05, 4.69) is 0 Å². The Balaban J connectivity index is -0.00000000750. The molecule has 8 N–H and O–H groups in total. The van der Waals surface area contributed by atoms with Crippen molar-refractivity contribution < 1.29 is 48.4 Å². The molecular weight excluding hydrogens is 152 g/mol. The normalized spacial score (nSPS) is 3.75. The van der Waals surface area contributed by atoms with Crippen LogP contribution in [0.25, 0.3) is 0 Å². The van der Waals surface area contributed by atoms with Gasteiger partial charge in [-0.25, -0.2) is 0 Å². The van der Waals surface area contributed by atoms with Crippen LogP contribution in [0.1, 0.15) is 0 Å². The molecule has 0 bridgehead atoms. The third kappa shape index (κ3) is 86.4. The molecule has 0 atom stereocenters. The summed E-state index contributed by atoms with van der Waals surface area (Å²) in [5.41, 5.74) is 0. The quantitative estimate of drug-likeness (QED) is 0.388. The van der Waals surface area contributed by atoms with E-state index in [1.165, 1.54) is 0 Å². The molecule has 54 valence electrons. The van der Waals surface area contributed by atoms with Crippen molar-refractivity contribution in [1.29, 1.82) is 0 Å². The van der Waals surface area contributed by atoms with Crippen molar-refractivity contribution in [3.63, 3.8) is 0 Å². The van der Waals surface area contributed by atoms with E-state index in [1.807, 2.05) is 0 Å². The molecule has 5 nitrogen and oxygen atoms in total. The van der Waals surface area contributed by atoms with Crippen molar-refractivity contribution in [3.8, 4) is 0 Å². The van der Waals surface area contributed by atoms with Gasteiger partial charge in [-0.3, -0.25) is 0 Å². The Morgan fingerprint density at radius 3 is 0.875 bits per heavy atom. The second kappa shape index (κ2) is 50.4. The van der Waals surface area contributed by atoms with Gasteiger partial charge < -0.3 is 26.6 Å². The van der Waals surface area contributed by atoms with Gasteiger partial charge in [-0.15, -0.1) is 0 Å². The Morgan fingerprint density at radius 1 is 0.750 bits per heavy atom. The van der Waals surface area contributed by atoms with Gasteiger partial charge in [0.1, 0.15) is 0 Å². The van der Waals surface area contributed by atoms with Gasteiger partial charge in [0.2, 0.25) is 0 Å². The van der Waals surface area contributed by atoms with Crippen LogP contribution in [0.15, 0.2) is 0 Å². The number of hydrogen-bond donors (Lipinski definition) is 2. The van der Waals surface area contributed by atoms with Crippen molar-refractivity contribution in [3.05, 3.63) is 0 Å². The minimum atomic E-state index is -0.125. The molecule has 0 aromatic rings. The molecule has 0 saturated carbocycles. The molecule has 0 aromatic carbocycles. The Morgan fingerprint density at radius 2 is 0.875 bits per heavy atom. The van der Waals surface area contributed by atoms with Crippen molar-refractivity contribution in [2.75, 3.05) is 13.2 Å². The van der Waals surface area contributed by atoms with Crippen molar-refractivity contribution in [1.82, 2.24) is 0 Å². The summed E-state index contributed by atoms with van der Waals surface area (Å²) in [6.45, 7) is -0.250. The first-order chi connectivity index (χ1) is 1.91. The standard InChI is InChI=1S/C2H6O2.3H2O.Ti/c3-1-2-4;;;;/h3-4H,1-2H2;3*1H2;. The smallest absolute Gasteiger partial charge is 0.0662 e. The summed E-state index contributed by atoms with van der Waals surface area (Å²) >= 11 is 0. The Bertz CT molecular complexity index is 12.4. The maximum Gasteiger partial charge on any atom is 0.0662 e. The summed E-state index contributed by atoms with van der Waals surface area (Å²) in [5, 5.41) is 15.2. The summed E-state index contributed by atoms with van der Waals surface area (Å²) < 4.78 is 0. The first-order valence-corrected chi connectivity index (χ1v) is 1.13. The summed E-state index contributed by atoms with van der Waals surface area (Å²) in [6.07, 6.45) is 0. The summed E-state index contributed by atoms with van der Waals surface area (Å²) in [4.78, 5) is 0. The second-order valence-electron chi connectivity index (χ2n) is 0.447. The fraction of sp³-hybridized carbons (Fsp3) is 1.00. The molecule has 0 aliphatic carbocycles. The van der Waals surface area contributed by atoms with Crippen molar-refractivity contribution >= 4 is 0 Å². The molecule has 0 fully saturated rings. The van der Waals surface area contributed by atoms with E-state index in [4.69, 9.17) is 10.2 Å². The van der Waals surface area contributed by atoms with Crippen LogP contribution < -0.4 is 0 Å². The zero-order valence-electron chi connectivity index (χ0n) is 4.31. The van der Waals surface area contributed by atoms with Crippen LogP contribution in [-0.2, 0) is 21.7 Å². The number of aliphatic hydroxyl groups excluding tert-OH is 2. The zero-order valence-corrected chi connectivity index (χ0v) is 5.87. The van der Waals surface area contributed by atoms with E-state index in [1.54, 1.807) is 0 Å². The number of aliphatic hydroxyl groups is 2. The van der Waals surface area contributed by atoms with Gasteiger partial charge in [0, 0.05) is 21.7 Å². The molecule has 0 aromatic heterocycles. The SMILES string of the molecule is O.O.O.OCCO.[Ti]. The Hall–Kier alpha value is 0.514. The van der Waals surface area contributed by atoms with Crippen LogP contribution in [0.2, 0.25) is 0 Å². The molecule has 0 heterocycles. The summed E-state index contributed by atoms with van der Waals surface area (Å²) in [5.74, 6) is 0. The van der Waals surface area contributed by atoms with Crippen LogP contribution in [0.3, 0.4) is 0 Å². The molecule has 0 aliphatic heterocycles. The fourth-order valence-electron chi connectivity index (χ4n) is 0. The fourth-order valence-corrected chi connectivity index (χ4v) is 0. The van der Waals surface area contributed by atoms with Gasteiger partial charge in [0.05, 0.1) is 13.2 Å². The maximum atomic E-state index is 7.62. The predicted octanol–water partition coefficient (Wildman–Crippen LogP) is -3.51. The van der Waals surface area contributed by atoms with Gasteiger partial charge >= 0.3 is 0 Å². The first kappa shape index (κ1) is 38.9. The second-order valence-corrected chi connectivity index (χ2v) is 0.447. The molecule has 0 unspecified atom stereocenters. The zero-order chi connectivity index (χ0) is 3.41. The Labute approximate surface area is 62.1 Å². The maximum absolute atomic E-state index is 7.62. The van der Waals surface area contributed by atoms with E-state index in [0.29, 0.717) is 0 Å². The van der Waals surface area contributed by atoms with Crippen LogP contribution in [0.5, 0.6) is 0 Å². The van der Waals surface area contributed by atoms with E-state index in [9.17, 15) is 0 Å². The third-order valence-corrected chi connectivity index (χ3v) is 0.1000. The summed E-state index contributed by atoms with van der Waals surface area (Å²) in [7, 11) is 0. The van der Waals surface area contributed by atoms with Crippen LogP contribution in [0.4, 0.5) is 0 Å². The molecular formula is C2H12O5Ti. The average Bonchev–Trinajstić information content (AvgIpc) is 1.37. The molecule has 0 radical (unpaired) electrons. The molecule has 0 aliphatic rings. The monoisotopic (exact) mass is 164 g/mol. The molecule has 0 rings (SSSR count). The van der Waals surface area contributed by atoms with Crippen molar-refractivity contribution in [2.24, 2.45) is 0 Å². The Kier molecular flexibility index (Phi) is 245. The van der Waals surface area contributed by atoms with Gasteiger partial charge in [0.15, 0.2) is 0 Å². The van der Waals surface area contributed by atoms with E-state index < -0.39 is 0 Å². The molecule has 6 heteroatoms. The number of rotatable bonds is 1. The number of hydrogen-bond acceptors (Lipinski definition) is 2. The topological polar surface area (TPSA) is 135 Å². The van der Waals surface area contributed by atoms with Crippen LogP contribution >= 0.6 is 0 Å². The average molecular weight is 164 g/mol. The first-order valence-electron chi connectivity index (χ1n) is 1.13. The van der Waals surface area contributed by atoms with Crippen LogP contribution in [0, 0.1) is 0 Å². The molecule has 8 heavy (non-hydrogen) atoms. The van der Waals surface area contributed by atoms with Gasteiger partial charge in [0.25, 0.3) is 0 Å². The predicted molar refractivity (Wildman–Crippen MR) is 25.0 cm³/mol. The third-order valence-electron chi connectivity index (χ3n) is 0.1000. The van der Waals surface area contributed by atoms with Gasteiger partial charge in [-0.1, -0.05) is 0 Å². The molecule has 0 spiro atoms. The minimum absolute atomic E-state index is 0. The van der Waals surface area contributed by atoms with E-state index in [-0.39, 0.29) is 51.4 Å². The van der Waals surface area contributed by atoms with Gasteiger partial charge in [-0.2, -0.15) is 0 Å². The summed E-state index contributed by atoms with van der Waals surface area (Å²) in [6, 6.07) is 0. The minimum Gasteiger partial charge on any atom is -0.412 e. The van der Waals surface area contributed by atoms with E-state index in [0.717, 1.165) is 0 Å². The largest absolute Gasteiger partial charge is 0.412 e. The molecule has 0 amide bonds. The van der Waals surface area contributed by atoms with Crippen molar-refractivity contribution in [2.45, 2.75) is 0 Å². The van der Waals surface area contributed by atoms with E-state index >= 15 is 0 Å².